The molecular weight excluding hydrogens is 254 g/mol. The van der Waals surface area contributed by atoms with E-state index in [0.29, 0.717) is 12.3 Å². The summed E-state index contributed by atoms with van der Waals surface area (Å²) in [4.78, 5) is 19.8. The molecule has 1 amide bonds. The summed E-state index contributed by atoms with van der Waals surface area (Å²) < 4.78 is 5.42. The molecular formula is C15H17N3O2. The second kappa shape index (κ2) is 6.65. The third-order valence-electron chi connectivity index (χ3n) is 2.69. The van der Waals surface area contributed by atoms with E-state index in [-0.39, 0.29) is 12.5 Å². The normalized spacial score (nSPS) is 10.1. The lowest BCUT2D eigenvalue weighted by Gasteiger charge is -2.08. The Labute approximate surface area is 118 Å². The van der Waals surface area contributed by atoms with Crippen LogP contribution in [0, 0.1) is 13.8 Å². The highest BCUT2D eigenvalue weighted by Gasteiger charge is 2.04. The number of benzene rings is 1. The summed E-state index contributed by atoms with van der Waals surface area (Å²) in [6.45, 7) is 4.23. The second-order valence-electron chi connectivity index (χ2n) is 4.53. The Balaban J connectivity index is 1.78. The summed E-state index contributed by atoms with van der Waals surface area (Å²) in [7, 11) is 0. The van der Waals surface area contributed by atoms with E-state index in [0.717, 1.165) is 17.0 Å². The van der Waals surface area contributed by atoms with E-state index >= 15 is 0 Å². The van der Waals surface area contributed by atoms with Gasteiger partial charge in [-0.3, -0.25) is 4.79 Å². The molecule has 0 saturated carbocycles. The second-order valence-corrected chi connectivity index (χ2v) is 4.53. The van der Waals surface area contributed by atoms with Gasteiger partial charge in [0, 0.05) is 5.69 Å². The van der Waals surface area contributed by atoms with Crippen LogP contribution in [0.1, 0.15) is 17.0 Å². The number of ether oxygens (including phenoxy) is 1. The Morgan fingerprint density at radius 3 is 2.85 bits per heavy atom. The van der Waals surface area contributed by atoms with E-state index in [1.165, 1.54) is 6.33 Å². The molecule has 0 fully saturated rings. The van der Waals surface area contributed by atoms with Crippen LogP contribution in [0.4, 0.5) is 0 Å². The maximum absolute atomic E-state index is 11.7. The lowest BCUT2D eigenvalue weighted by atomic mass is 10.2. The van der Waals surface area contributed by atoms with Crippen LogP contribution >= 0.6 is 0 Å². The first kappa shape index (κ1) is 14.0. The third kappa shape index (κ3) is 4.35. The summed E-state index contributed by atoms with van der Waals surface area (Å²) in [6.07, 6.45) is 1.49. The van der Waals surface area contributed by atoms with E-state index < -0.39 is 0 Å². The highest BCUT2D eigenvalue weighted by molar-refractivity contribution is 5.77. The molecule has 0 atom stereocenters. The molecule has 2 rings (SSSR count). The van der Waals surface area contributed by atoms with E-state index in [4.69, 9.17) is 4.74 Å². The minimum absolute atomic E-state index is 0.00643. The van der Waals surface area contributed by atoms with Crippen molar-refractivity contribution < 1.29 is 9.53 Å². The minimum Gasteiger partial charge on any atom is -0.484 e. The predicted molar refractivity (Wildman–Crippen MR) is 75.3 cm³/mol. The van der Waals surface area contributed by atoms with Gasteiger partial charge in [-0.25, -0.2) is 9.97 Å². The van der Waals surface area contributed by atoms with Crippen LogP contribution < -0.4 is 10.1 Å². The number of amides is 1. The van der Waals surface area contributed by atoms with Crippen molar-refractivity contribution in [3.05, 3.63) is 53.6 Å². The van der Waals surface area contributed by atoms with Crippen molar-refractivity contribution in [2.24, 2.45) is 0 Å². The number of aromatic nitrogens is 2. The first-order valence-electron chi connectivity index (χ1n) is 6.37. The van der Waals surface area contributed by atoms with E-state index in [9.17, 15) is 4.79 Å². The molecule has 5 heteroatoms. The quantitative estimate of drug-likeness (QED) is 0.900. The number of carbonyl (C=O) groups is 1. The molecule has 0 aliphatic carbocycles. The van der Waals surface area contributed by atoms with Gasteiger partial charge in [0.1, 0.15) is 12.1 Å². The van der Waals surface area contributed by atoms with Gasteiger partial charge in [0.25, 0.3) is 5.91 Å². The molecule has 1 aromatic heterocycles. The van der Waals surface area contributed by atoms with Gasteiger partial charge < -0.3 is 10.1 Å². The molecule has 2 aromatic rings. The highest BCUT2D eigenvalue weighted by Crippen LogP contribution is 2.11. The molecule has 0 spiro atoms. The molecule has 104 valence electrons. The number of carbonyl (C=O) groups excluding carboxylic acids is 1. The maximum Gasteiger partial charge on any atom is 0.258 e. The summed E-state index contributed by atoms with van der Waals surface area (Å²) in [6, 6.07) is 9.42. The Bertz CT molecular complexity index is 548. The number of rotatable bonds is 5. The third-order valence-corrected chi connectivity index (χ3v) is 2.69. The van der Waals surface area contributed by atoms with Crippen LogP contribution in [0.25, 0.3) is 0 Å². The first-order valence-corrected chi connectivity index (χ1v) is 6.37. The lowest BCUT2D eigenvalue weighted by Crippen LogP contribution is -2.28. The smallest absolute Gasteiger partial charge is 0.258 e. The molecule has 1 N–H and O–H groups in total. The lowest BCUT2D eigenvalue weighted by molar-refractivity contribution is -0.123. The fraction of sp³-hybridized carbons (Fsp3) is 0.267. The fourth-order valence-electron chi connectivity index (χ4n) is 1.70. The number of hydrogen-bond donors (Lipinski definition) is 1. The zero-order valence-corrected chi connectivity index (χ0v) is 11.6. The molecule has 0 radical (unpaired) electrons. The Hall–Kier alpha value is -2.43. The van der Waals surface area contributed by atoms with Gasteiger partial charge in [-0.15, -0.1) is 0 Å². The topological polar surface area (TPSA) is 64.1 Å². The molecule has 20 heavy (non-hydrogen) atoms. The fourth-order valence-corrected chi connectivity index (χ4v) is 1.70. The zero-order chi connectivity index (χ0) is 14.4. The summed E-state index contributed by atoms with van der Waals surface area (Å²) >= 11 is 0. The van der Waals surface area contributed by atoms with Crippen LogP contribution in [0.5, 0.6) is 5.75 Å². The molecule has 0 unspecified atom stereocenters. The largest absolute Gasteiger partial charge is 0.484 e. The molecule has 0 bridgehead atoms. The van der Waals surface area contributed by atoms with Crippen molar-refractivity contribution in [3.8, 4) is 5.75 Å². The van der Waals surface area contributed by atoms with Crippen LogP contribution in [-0.2, 0) is 11.3 Å². The Morgan fingerprint density at radius 2 is 2.10 bits per heavy atom. The summed E-state index contributed by atoms with van der Waals surface area (Å²) in [5.74, 6) is 0.515. The highest BCUT2D eigenvalue weighted by atomic mass is 16.5. The molecule has 0 aliphatic rings. The SMILES string of the molecule is Cc1cccc(OCC(=O)NCc2cc(C)ncn2)c1. The van der Waals surface area contributed by atoms with Crippen molar-refractivity contribution in [2.45, 2.75) is 20.4 Å². The van der Waals surface area contributed by atoms with Crippen LogP contribution in [-0.4, -0.2) is 22.5 Å². The van der Waals surface area contributed by atoms with Crippen molar-refractivity contribution in [3.63, 3.8) is 0 Å². The zero-order valence-electron chi connectivity index (χ0n) is 11.6. The number of nitrogens with zero attached hydrogens (tertiary/aromatic N) is 2. The molecule has 0 saturated heterocycles. The standard InChI is InChI=1S/C15H17N3O2/c1-11-4-3-5-14(6-11)20-9-15(19)16-8-13-7-12(2)17-10-18-13/h3-7,10H,8-9H2,1-2H3,(H,16,19). The van der Waals surface area contributed by atoms with Gasteiger partial charge in [-0.05, 0) is 37.6 Å². The van der Waals surface area contributed by atoms with E-state index in [1.54, 1.807) is 0 Å². The predicted octanol–water partition coefficient (Wildman–Crippen LogP) is 1.79. The van der Waals surface area contributed by atoms with Crippen LogP contribution in [0.2, 0.25) is 0 Å². The number of hydrogen-bond acceptors (Lipinski definition) is 4. The van der Waals surface area contributed by atoms with Crippen molar-refractivity contribution in [2.75, 3.05) is 6.61 Å². The number of nitrogens with one attached hydrogen (secondary N) is 1. The van der Waals surface area contributed by atoms with Gasteiger partial charge in [0.15, 0.2) is 6.61 Å². The van der Waals surface area contributed by atoms with Gasteiger partial charge in [0.2, 0.25) is 0 Å². The van der Waals surface area contributed by atoms with E-state index in [2.05, 4.69) is 15.3 Å². The molecule has 0 aliphatic heterocycles. The average molecular weight is 271 g/mol. The Morgan fingerprint density at radius 1 is 1.25 bits per heavy atom. The number of aryl methyl sites for hydroxylation is 2. The molecule has 1 aromatic carbocycles. The van der Waals surface area contributed by atoms with Gasteiger partial charge in [-0.1, -0.05) is 12.1 Å². The van der Waals surface area contributed by atoms with Crippen LogP contribution in [0.3, 0.4) is 0 Å². The average Bonchev–Trinajstić information content (AvgIpc) is 2.43. The first-order chi connectivity index (χ1) is 9.63. The van der Waals surface area contributed by atoms with E-state index in [1.807, 2.05) is 44.2 Å². The summed E-state index contributed by atoms with van der Waals surface area (Å²) in [5, 5.41) is 2.76. The maximum atomic E-state index is 11.7. The van der Waals surface area contributed by atoms with Crippen molar-refractivity contribution >= 4 is 5.91 Å². The Kier molecular flexibility index (Phi) is 4.65. The van der Waals surface area contributed by atoms with Crippen molar-refractivity contribution in [1.82, 2.24) is 15.3 Å². The summed E-state index contributed by atoms with van der Waals surface area (Å²) in [5.41, 5.74) is 2.75. The minimum atomic E-state index is -0.178. The van der Waals surface area contributed by atoms with Crippen LogP contribution in [0.15, 0.2) is 36.7 Å². The van der Waals surface area contributed by atoms with Gasteiger partial charge in [0.05, 0.1) is 12.2 Å². The molecule has 5 nitrogen and oxygen atoms in total. The molecule has 1 heterocycles. The van der Waals surface area contributed by atoms with Gasteiger partial charge >= 0.3 is 0 Å². The van der Waals surface area contributed by atoms with Crippen molar-refractivity contribution in [1.29, 1.82) is 0 Å². The van der Waals surface area contributed by atoms with Gasteiger partial charge in [-0.2, -0.15) is 0 Å². The monoisotopic (exact) mass is 271 g/mol.